The molecule has 3 rings (SSSR count). The number of benzene rings is 1. The topological polar surface area (TPSA) is 32.3 Å². The Kier molecular flexibility index (Phi) is 4.25. The van der Waals surface area contributed by atoms with E-state index in [0.29, 0.717) is 5.91 Å². The third-order valence-electron chi connectivity index (χ3n) is 3.84. The van der Waals surface area contributed by atoms with Gasteiger partial charge in [-0.2, -0.15) is 0 Å². The lowest BCUT2D eigenvalue weighted by molar-refractivity contribution is -0.137. The summed E-state index contributed by atoms with van der Waals surface area (Å²) in [6.45, 7) is 3.58. The highest BCUT2D eigenvalue weighted by Crippen LogP contribution is 2.25. The third kappa shape index (κ3) is 2.52. The molecule has 2 heterocycles. The molecular weight excluding hydrogens is 248 g/mol. The molecule has 1 aromatic carbocycles. The molecule has 3 nitrogen and oxygen atoms in total. The highest BCUT2D eigenvalue weighted by atomic mass is 35.5. The van der Waals surface area contributed by atoms with Crippen molar-refractivity contribution in [3.05, 3.63) is 35.4 Å². The van der Waals surface area contributed by atoms with E-state index in [0.717, 1.165) is 39.0 Å². The number of piperidine rings is 1. The second-order valence-electron chi connectivity index (χ2n) is 4.99. The molecule has 1 saturated heterocycles. The van der Waals surface area contributed by atoms with Gasteiger partial charge in [0.1, 0.15) is 0 Å². The second-order valence-corrected chi connectivity index (χ2v) is 4.99. The lowest BCUT2D eigenvalue weighted by Gasteiger charge is -2.26. The predicted octanol–water partition coefficient (Wildman–Crippen LogP) is 1.95. The van der Waals surface area contributed by atoms with Gasteiger partial charge in [-0.05, 0) is 37.1 Å². The van der Waals surface area contributed by atoms with Crippen molar-refractivity contribution in [2.45, 2.75) is 25.9 Å². The Morgan fingerprint density at radius 2 is 1.67 bits per heavy atom. The Morgan fingerprint density at radius 1 is 1.11 bits per heavy atom. The van der Waals surface area contributed by atoms with Gasteiger partial charge in [0.2, 0.25) is 5.91 Å². The summed E-state index contributed by atoms with van der Waals surface area (Å²) >= 11 is 0. The summed E-state index contributed by atoms with van der Waals surface area (Å²) in [5, 5.41) is 3.31. The summed E-state index contributed by atoms with van der Waals surface area (Å²) in [4.78, 5) is 14.4. The van der Waals surface area contributed by atoms with Crippen LogP contribution in [0.25, 0.3) is 0 Å². The van der Waals surface area contributed by atoms with Gasteiger partial charge in [-0.3, -0.25) is 4.79 Å². The van der Waals surface area contributed by atoms with Crippen molar-refractivity contribution in [3.8, 4) is 0 Å². The van der Waals surface area contributed by atoms with Crippen molar-refractivity contribution in [1.29, 1.82) is 0 Å². The summed E-state index contributed by atoms with van der Waals surface area (Å²) in [5.41, 5.74) is 2.63. The van der Waals surface area contributed by atoms with Gasteiger partial charge in [0.15, 0.2) is 0 Å². The quantitative estimate of drug-likeness (QED) is 0.843. The largest absolute Gasteiger partial charge is 0.334 e. The molecule has 2 aliphatic heterocycles. The van der Waals surface area contributed by atoms with Crippen LogP contribution >= 0.6 is 12.4 Å². The van der Waals surface area contributed by atoms with Crippen molar-refractivity contribution in [3.63, 3.8) is 0 Å². The fraction of sp³-hybridized carbons (Fsp3) is 0.500. The molecule has 0 atom stereocenters. The minimum absolute atomic E-state index is 0. The maximum Gasteiger partial charge on any atom is 0.226 e. The SMILES string of the molecule is Cl.O=C(C1CCNCC1)N1Cc2ccccc2C1. The summed E-state index contributed by atoms with van der Waals surface area (Å²) in [7, 11) is 0. The number of amides is 1. The number of fused-ring (bicyclic) bond motifs is 1. The average molecular weight is 267 g/mol. The molecule has 4 heteroatoms. The number of nitrogens with one attached hydrogen (secondary N) is 1. The summed E-state index contributed by atoms with van der Waals surface area (Å²) < 4.78 is 0. The van der Waals surface area contributed by atoms with Crippen molar-refractivity contribution in [1.82, 2.24) is 10.2 Å². The van der Waals surface area contributed by atoms with Gasteiger partial charge < -0.3 is 10.2 Å². The first-order chi connectivity index (χ1) is 8.34. The Balaban J connectivity index is 0.00000120. The Morgan fingerprint density at radius 3 is 2.22 bits per heavy atom. The first-order valence-corrected chi connectivity index (χ1v) is 6.41. The zero-order valence-electron chi connectivity index (χ0n) is 10.4. The van der Waals surface area contributed by atoms with E-state index in [9.17, 15) is 4.79 Å². The van der Waals surface area contributed by atoms with Crippen molar-refractivity contribution in [2.24, 2.45) is 5.92 Å². The highest BCUT2D eigenvalue weighted by molar-refractivity contribution is 5.85. The maximum absolute atomic E-state index is 12.4. The number of nitrogens with zero attached hydrogens (tertiary/aromatic N) is 1. The fourth-order valence-electron chi connectivity index (χ4n) is 2.82. The van der Waals surface area contributed by atoms with E-state index in [-0.39, 0.29) is 18.3 Å². The molecule has 1 aromatic rings. The summed E-state index contributed by atoms with van der Waals surface area (Å²) in [5.74, 6) is 0.591. The number of hydrogen-bond acceptors (Lipinski definition) is 2. The normalized spacial score (nSPS) is 19.2. The number of hydrogen-bond donors (Lipinski definition) is 1. The standard InChI is InChI=1S/C14H18N2O.ClH/c17-14(11-5-7-15-8-6-11)16-9-12-3-1-2-4-13(12)10-16;/h1-4,11,15H,5-10H2;1H. The molecular formula is C14H19ClN2O. The van der Waals surface area contributed by atoms with Crippen LogP contribution in [0, 0.1) is 5.92 Å². The minimum atomic E-state index is 0. The van der Waals surface area contributed by atoms with E-state index in [1.807, 2.05) is 4.90 Å². The zero-order chi connectivity index (χ0) is 11.7. The minimum Gasteiger partial charge on any atom is -0.334 e. The van der Waals surface area contributed by atoms with Crippen LogP contribution in [0.3, 0.4) is 0 Å². The number of carbonyl (C=O) groups excluding carboxylic acids is 1. The van der Waals surface area contributed by atoms with Crippen LogP contribution in [0.4, 0.5) is 0 Å². The Bertz CT molecular complexity index is 405. The first kappa shape index (κ1) is 13.4. The molecule has 98 valence electrons. The molecule has 1 amide bonds. The van der Waals surface area contributed by atoms with Crippen LogP contribution in [0.2, 0.25) is 0 Å². The number of carbonyl (C=O) groups is 1. The Hall–Kier alpha value is -1.06. The molecule has 1 N–H and O–H groups in total. The zero-order valence-corrected chi connectivity index (χ0v) is 11.2. The second kappa shape index (κ2) is 5.72. The highest BCUT2D eigenvalue weighted by Gasteiger charge is 2.29. The van der Waals surface area contributed by atoms with Gasteiger partial charge >= 0.3 is 0 Å². The van der Waals surface area contributed by atoms with E-state index < -0.39 is 0 Å². The lowest BCUT2D eigenvalue weighted by Crippen LogP contribution is -2.38. The third-order valence-corrected chi connectivity index (χ3v) is 3.84. The number of halogens is 1. The molecule has 0 aliphatic carbocycles. The molecule has 0 radical (unpaired) electrons. The maximum atomic E-state index is 12.4. The summed E-state index contributed by atoms with van der Waals surface area (Å²) in [6.07, 6.45) is 1.98. The monoisotopic (exact) mass is 266 g/mol. The van der Waals surface area contributed by atoms with Crippen molar-refractivity contribution >= 4 is 18.3 Å². The molecule has 18 heavy (non-hydrogen) atoms. The summed E-state index contributed by atoms with van der Waals surface area (Å²) in [6, 6.07) is 8.37. The first-order valence-electron chi connectivity index (χ1n) is 6.41. The van der Waals surface area contributed by atoms with E-state index in [2.05, 4.69) is 29.6 Å². The molecule has 0 bridgehead atoms. The van der Waals surface area contributed by atoms with Crippen molar-refractivity contribution < 1.29 is 4.79 Å². The molecule has 0 unspecified atom stereocenters. The van der Waals surface area contributed by atoms with Crippen LogP contribution in [-0.2, 0) is 17.9 Å². The van der Waals surface area contributed by atoms with E-state index in [1.165, 1.54) is 11.1 Å². The molecule has 0 aromatic heterocycles. The van der Waals surface area contributed by atoms with Crippen LogP contribution in [0.5, 0.6) is 0 Å². The van der Waals surface area contributed by atoms with E-state index in [1.54, 1.807) is 0 Å². The molecule has 2 aliphatic rings. The smallest absolute Gasteiger partial charge is 0.226 e. The Labute approximate surface area is 114 Å². The molecule has 0 saturated carbocycles. The van der Waals surface area contributed by atoms with Gasteiger partial charge in [-0.15, -0.1) is 12.4 Å². The van der Waals surface area contributed by atoms with E-state index >= 15 is 0 Å². The lowest BCUT2D eigenvalue weighted by atomic mass is 9.97. The predicted molar refractivity (Wildman–Crippen MR) is 73.5 cm³/mol. The number of rotatable bonds is 1. The molecule has 1 fully saturated rings. The average Bonchev–Trinajstić information content (AvgIpc) is 2.82. The van der Waals surface area contributed by atoms with Gasteiger partial charge in [0.25, 0.3) is 0 Å². The van der Waals surface area contributed by atoms with Gasteiger partial charge in [-0.1, -0.05) is 24.3 Å². The van der Waals surface area contributed by atoms with Gasteiger partial charge in [0.05, 0.1) is 0 Å². The van der Waals surface area contributed by atoms with Crippen molar-refractivity contribution in [2.75, 3.05) is 13.1 Å². The van der Waals surface area contributed by atoms with Crippen LogP contribution in [0.15, 0.2) is 24.3 Å². The van der Waals surface area contributed by atoms with Crippen LogP contribution < -0.4 is 5.32 Å². The molecule has 0 spiro atoms. The van der Waals surface area contributed by atoms with Crippen LogP contribution in [0.1, 0.15) is 24.0 Å². The van der Waals surface area contributed by atoms with Gasteiger partial charge in [-0.25, -0.2) is 0 Å². The van der Waals surface area contributed by atoms with Gasteiger partial charge in [0, 0.05) is 19.0 Å². The fourth-order valence-corrected chi connectivity index (χ4v) is 2.82. The van der Waals surface area contributed by atoms with Crippen LogP contribution in [-0.4, -0.2) is 23.9 Å². The van der Waals surface area contributed by atoms with E-state index in [4.69, 9.17) is 0 Å².